The minimum absolute atomic E-state index is 0.0995. The van der Waals surface area contributed by atoms with Crippen LogP contribution in [0.4, 0.5) is 5.69 Å². The molecule has 0 spiro atoms. The van der Waals surface area contributed by atoms with Crippen molar-refractivity contribution in [3.63, 3.8) is 0 Å². The summed E-state index contributed by atoms with van der Waals surface area (Å²) < 4.78 is 5.80. The first kappa shape index (κ1) is 14.5. The van der Waals surface area contributed by atoms with Gasteiger partial charge >= 0.3 is 0 Å². The van der Waals surface area contributed by atoms with Gasteiger partial charge in [-0.1, -0.05) is 48.2 Å². The highest BCUT2D eigenvalue weighted by Gasteiger charge is 2.13. The molecule has 0 N–H and O–H groups in total. The number of hydrogen-bond acceptors (Lipinski definition) is 5. The van der Waals surface area contributed by atoms with Crippen LogP contribution in [0, 0.1) is 10.1 Å². The van der Waals surface area contributed by atoms with Crippen molar-refractivity contribution in [2.45, 2.75) is 5.75 Å². The van der Waals surface area contributed by atoms with Crippen LogP contribution in [0.25, 0.3) is 0 Å². The number of hydrogen-bond donors (Lipinski definition) is 0. The summed E-state index contributed by atoms with van der Waals surface area (Å²) in [4.78, 5) is 10.5. The SMILES string of the molecule is O=[N+]([O-])c1ccccc1CSC(=S)Oc1ccccc1. The van der Waals surface area contributed by atoms with E-state index in [0.29, 0.717) is 21.4 Å². The maximum atomic E-state index is 10.9. The zero-order chi connectivity index (χ0) is 14.4. The molecule has 4 nitrogen and oxygen atoms in total. The van der Waals surface area contributed by atoms with Crippen molar-refractivity contribution < 1.29 is 9.66 Å². The Hall–Kier alpha value is -1.92. The summed E-state index contributed by atoms with van der Waals surface area (Å²) in [6.45, 7) is 0. The molecular formula is C14H11NO3S2. The topological polar surface area (TPSA) is 52.4 Å². The van der Waals surface area contributed by atoms with Crippen molar-refractivity contribution in [1.82, 2.24) is 0 Å². The fourth-order valence-corrected chi connectivity index (χ4v) is 2.51. The van der Waals surface area contributed by atoms with E-state index in [0.717, 1.165) is 0 Å². The number of benzene rings is 2. The summed E-state index contributed by atoms with van der Waals surface area (Å²) in [6, 6.07) is 15.8. The summed E-state index contributed by atoms with van der Waals surface area (Å²) >= 11 is 6.38. The summed E-state index contributed by atoms with van der Waals surface area (Å²) in [7, 11) is 0. The number of ether oxygens (including phenoxy) is 1. The molecule has 0 aliphatic rings. The first-order valence-electron chi connectivity index (χ1n) is 5.79. The molecule has 0 bridgehead atoms. The van der Waals surface area contributed by atoms with Crippen LogP contribution in [0.2, 0.25) is 0 Å². The molecule has 2 aromatic rings. The third-order valence-electron chi connectivity index (χ3n) is 2.48. The fraction of sp³-hybridized carbons (Fsp3) is 0.0714. The van der Waals surface area contributed by atoms with Crippen molar-refractivity contribution in [2.24, 2.45) is 0 Å². The van der Waals surface area contributed by atoms with Crippen LogP contribution in [0.5, 0.6) is 5.75 Å². The largest absolute Gasteiger partial charge is 0.440 e. The average Bonchev–Trinajstić information content (AvgIpc) is 2.46. The van der Waals surface area contributed by atoms with Gasteiger partial charge in [0, 0.05) is 17.4 Å². The highest BCUT2D eigenvalue weighted by Crippen LogP contribution is 2.24. The normalized spacial score (nSPS) is 10.0. The van der Waals surface area contributed by atoms with Gasteiger partial charge in [0.25, 0.3) is 5.69 Å². The van der Waals surface area contributed by atoms with Gasteiger partial charge in [0.15, 0.2) is 0 Å². The van der Waals surface area contributed by atoms with E-state index in [1.807, 2.05) is 18.2 Å². The molecule has 0 amide bonds. The number of rotatable bonds is 4. The van der Waals surface area contributed by atoms with Crippen LogP contribution in [0.15, 0.2) is 54.6 Å². The van der Waals surface area contributed by atoms with Crippen molar-refractivity contribution in [1.29, 1.82) is 0 Å². The smallest absolute Gasteiger partial charge is 0.273 e. The Morgan fingerprint density at radius 1 is 1.15 bits per heavy atom. The van der Waals surface area contributed by atoms with E-state index in [9.17, 15) is 10.1 Å². The Labute approximate surface area is 125 Å². The van der Waals surface area contributed by atoms with Gasteiger partial charge in [0.2, 0.25) is 4.38 Å². The number of nitro groups is 1. The first-order chi connectivity index (χ1) is 9.66. The monoisotopic (exact) mass is 305 g/mol. The van der Waals surface area contributed by atoms with E-state index in [-0.39, 0.29) is 5.69 Å². The third kappa shape index (κ3) is 4.04. The summed E-state index contributed by atoms with van der Waals surface area (Å²) in [6.07, 6.45) is 0. The predicted molar refractivity (Wildman–Crippen MR) is 84.1 cm³/mol. The van der Waals surface area contributed by atoms with Gasteiger partial charge in [-0.3, -0.25) is 10.1 Å². The van der Waals surface area contributed by atoms with Gasteiger partial charge in [-0.25, -0.2) is 0 Å². The van der Waals surface area contributed by atoms with Crippen molar-refractivity contribution >= 4 is 34.0 Å². The molecule has 2 rings (SSSR count). The average molecular weight is 305 g/mol. The second-order valence-corrected chi connectivity index (χ2v) is 5.42. The Kier molecular flexibility index (Phi) is 5.09. The number of nitro benzene ring substituents is 1. The molecule has 0 fully saturated rings. The van der Waals surface area contributed by atoms with Crippen LogP contribution >= 0.6 is 24.0 Å². The summed E-state index contributed by atoms with van der Waals surface area (Å²) in [5.41, 5.74) is 0.726. The van der Waals surface area contributed by atoms with E-state index in [1.54, 1.807) is 30.3 Å². The Morgan fingerprint density at radius 3 is 2.50 bits per heavy atom. The molecule has 0 saturated carbocycles. The van der Waals surface area contributed by atoms with E-state index < -0.39 is 4.92 Å². The van der Waals surface area contributed by atoms with E-state index in [1.165, 1.54) is 17.8 Å². The lowest BCUT2D eigenvalue weighted by Gasteiger charge is -2.06. The van der Waals surface area contributed by atoms with E-state index in [2.05, 4.69) is 0 Å². The fourth-order valence-electron chi connectivity index (χ4n) is 1.56. The first-order valence-corrected chi connectivity index (χ1v) is 7.18. The van der Waals surface area contributed by atoms with Gasteiger partial charge < -0.3 is 4.74 Å². The molecule has 0 unspecified atom stereocenters. The van der Waals surface area contributed by atoms with Gasteiger partial charge in [0.1, 0.15) is 5.75 Å². The molecule has 2 aromatic carbocycles. The maximum Gasteiger partial charge on any atom is 0.273 e. The molecule has 0 atom stereocenters. The zero-order valence-corrected chi connectivity index (χ0v) is 12.0. The van der Waals surface area contributed by atoms with Gasteiger partial charge in [-0.05, 0) is 24.4 Å². The molecule has 0 heterocycles. The second-order valence-electron chi connectivity index (χ2n) is 3.84. The molecule has 6 heteroatoms. The van der Waals surface area contributed by atoms with Crippen LogP contribution in [-0.4, -0.2) is 9.31 Å². The minimum Gasteiger partial charge on any atom is -0.440 e. The molecular weight excluding hydrogens is 294 g/mol. The highest BCUT2D eigenvalue weighted by atomic mass is 32.2. The van der Waals surface area contributed by atoms with Crippen LogP contribution in [0.3, 0.4) is 0 Å². The van der Waals surface area contributed by atoms with Gasteiger partial charge in [0.05, 0.1) is 4.92 Å². The van der Waals surface area contributed by atoms with Gasteiger partial charge in [-0.15, -0.1) is 0 Å². The number of thioether (sulfide) groups is 1. The predicted octanol–water partition coefficient (Wildman–Crippen LogP) is 4.19. The lowest BCUT2D eigenvalue weighted by molar-refractivity contribution is -0.385. The Bertz CT molecular complexity index is 617. The van der Waals surface area contributed by atoms with E-state index in [4.69, 9.17) is 17.0 Å². The standard InChI is InChI=1S/C14H11NO3S2/c16-15(17)13-9-5-4-6-11(13)10-20-14(19)18-12-7-2-1-3-8-12/h1-9H,10H2. The number of para-hydroxylation sites is 2. The quantitative estimate of drug-likeness (QED) is 0.481. The highest BCUT2D eigenvalue weighted by molar-refractivity contribution is 8.22. The van der Waals surface area contributed by atoms with Crippen LogP contribution in [0.1, 0.15) is 5.56 Å². The van der Waals surface area contributed by atoms with Crippen molar-refractivity contribution in [3.8, 4) is 5.75 Å². The molecule has 0 radical (unpaired) electrons. The molecule has 0 aliphatic carbocycles. The molecule has 0 saturated heterocycles. The molecule has 0 aliphatic heterocycles. The second kappa shape index (κ2) is 7.02. The summed E-state index contributed by atoms with van der Waals surface area (Å²) in [5, 5.41) is 10.9. The third-order valence-corrected chi connectivity index (χ3v) is 3.69. The molecule has 0 aromatic heterocycles. The van der Waals surface area contributed by atoms with Crippen molar-refractivity contribution in [3.05, 3.63) is 70.3 Å². The van der Waals surface area contributed by atoms with Gasteiger partial charge in [-0.2, -0.15) is 0 Å². The minimum atomic E-state index is -0.392. The zero-order valence-electron chi connectivity index (χ0n) is 10.4. The summed E-state index contributed by atoms with van der Waals surface area (Å²) in [5.74, 6) is 1.07. The van der Waals surface area contributed by atoms with Crippen LogP contribution < -0.4 is 4.74 Å². The Balaban J connectivity index is 1.96. The van der Waals surface area contributed by atoms with Crippen LogP contribution in [-0.2, 0) is 5.75 Å². The lowest BCUT2D eigenvalue weighted by Crippen LogP contribution is -2.01. The molecule has 20 heavy (non-hydrogen) atoms. The Morgan fingerprint density at radius 2 is 1.80 bits per heavy atom. The number of thiocarbonyl (C=S) groups is 1. The number of nitrogens with zero attached hydrogens (tertiary/aromatic N) is 1. The molecule has 102 valence electrons. The lowest BCUT2D eigenvalue weighted by atomic mass is 10.2. The van der Waals surface area contributed by atoms with E-state index >= 15 is 0 Å². The maximum absolute atomic E-state index is 10.9. The van der Waals surface area contributed by atoms with Crippen molar-refractivity contribution in [2.75, 3.05) is 0 Å².